The van der Waals surface area contributed by atoms with Gasteiger partial charge in [0.1, 0.15) is 5.00 Å². The zero-order valence-electron chi connectivity index (χ0n) is 16.6. The Labute approximate surface area is 178 Å². The van der Waals surface area contributed by atoms with Crippen LogP contribution in [0, 0.1) is 0 Å². The van der Waals surface area contributed by atoms with Crippen molar-refractivity contribution >= 4 is 51.5 Å². The predicted molar refractivity (Wildman–Crippen MR) is 117 cm³/mol. The number of rotatable bonds is 3. The first-order valence-corrected chi connectivity index (χ1v) is 11.2. The van der Waals surface area contributed by atoms with Crippen LogP contribution < -0.4 is 15.5 Å². The van der Waals surface area contributed by atoms with E-state index in [1.54, 1.807) is 21.0 Å². The van der Waals surface area contributed by atoms with Gasteiger partial charge in [-0.3, -0.25) is 14.4 Å². The molecule has 0 spiro atoms. The Morgan fingerprint density at radius 1 is 1.17 bits per heavy atom. The molecule has 8 heteroatoms. The fourth-order valence-corrected chi connectivity index (χ4v) is 6.44. The number of thioether (sulfide) groups is 1. The molecule has 152 valence electrons. The zero-order valence-corrected chi connectivity index (χ0v) is 18.3. The first-order valence-electron chi connectivity index (χ1n) is 9.61. The maximum atomic E-state index is 13.3. The molecule has 6 nitrogen and oxygen atoms in total. The summed E-state index contributed by atoms with van der Waals surface area (Å²) < 4.78 is -1.31. The second-order valence-electron chi connectivity index (χ2n) is 7.42. The molecule has 0 saturated heterocycles. The summed E-state index contributed by atoms with van der Waals surface area (Å²) in [6.07, 6.45) is 3.88. The smallest absolute Gasteiger partial charge is 0.254 e. The van der Waals surface area contributed by atoms with Gasteiger partial charge >= 0.3 is 0 Å². The van der Waals surface area contributed by atoms with Crippen LogP contribution in [-0.4, -0.2) is 36.6 Å². The second-order valence-corrected chi connectivity index (χ2v) is 9.98. The Kier molecular flexibility index (Phi) is 5.16. The molecule has 1 aliphatic carbocycles. The molecular weight excluding hydrogens is 406 g/mol. The minimum Gasteiger partial charge on any atom is -0.355 e. The molecule has 1 aromatic heterocycles. The average molecular weight is 430 g/mol. The molecule has 1 aromatic carbocycles. The molecule has 1 unspecified atom stereocenters. The zero-order chi connectivity index (χ0) is 20.8. The maximum Gasteiger partial charge on any atom is 0.254 e. The lowest BCUT2D eigenvalue weighted by Gasteiger charge is -2.36. The number of hydrogen-bond acceptors (Lipinski definition) is 5. The number of anilines is 2. The number of para-hydroxylation sites is 1. The number of nitrogens with one attached hydrogen (secondary N) is 2. The third kappa shape index (κ3) is 3.24. The van der Waals surface area contributed by atoms with Crippen molar-refractivity contribution in [2.45, 2.75) is 42.2 Å². The molecule has 2 aliphatic rings. The van der Waals surface area contributed by atoms with Crippen LogP contribution in [0.15, 0.2) is 29.2 Å². The van der Waals surface area contributed by atoms with E-state index in [1.807, 2.05) is 24.3 Å². The van der Waals surface area contributed by atoms with Gasteiger partial charge < -0.3 is 15.5 Å². The lowest BCUT2D eigenvalue weighted by Crippen LogP contribution is -2.53. The van der Waals surface area contributed by atoms with Gasteiger partial charge in [-0.15, -0.1) is 11.3 Å². The van der Waals surface area contributed by atoms with Crippen LogP contribution in [0.2, 0.25) is 0 Å². The van der Waals surface area contributed by atoms with Gasteiger partial charge in [0.2, 0.25) is 0 Å². The number of thiophene rings is 1. The van der Waals surface area contributed by atoms with Crippen molar-refractivity contribution in [2.75, 3.05) is 24.3 Å². The van der Waals surface area contributed by atoms with E-state index in [-0.39, 0.29) is 11.8 Å². The van der Waals surface area contributed by atoms with Crippen molar-refractivity contribution in [2.24, 2.45) is 0 Å². The van der Waals surface area contributed by atoms with Gasteiger partial charge in [0, 0.05) is 23.9 Å². The summed E-state index contributed by atoms with van der Waals surface area (Å²) in [7, 11) is 3.28. The van der Waals surface area contributed by atoms with Crippen molar-refractivity contribution in [3.63, 3.8) is 0 Å². The number of fused-ring (bicyclic) bond motifs is 2. The van der Waals surface area contributed by atoms with E-state index >= 15 is 0 Å². The highest BCUT2D eigenvalue weighted by molar-refractivity contribution is 8.02. The Morgan fingerprint density at radius 2 is 1.90 bits per heavy atom. The summed E-state index contributed by atoms with van der Waals surface area (Å²) in [5.41, 5.74) is 2.38. The molecule has 3 amide bonds. The molecule has 0 bridgehead atoms. The molecule has 0 saturated carbocycles. The van der Waals surface area contributed by atoms with E-state index < -0.39 is 10.7 Å². The topological polar surface area (TPSA) is 78.5 Å². The van der Waals surface area contributed by atoms with Gasteiger partial charge in [0.15, 0.2) is 4.75 Å². The third-order valence-corrected chi connectivity index (χ3v) is 8.08. The summed E-state index contributed by atoms with van der Waals surface area (Å²) in [5, 5.41) is 6.15. The van der Waals surface area contributed by atoms with E-state index in [0.717, 1.165) is 46.7 Å². The Bertz CT molecular complexity index is 1020. The van der Waals surface area contributed by atoms with Crippen molar-refractivity contribution in [1.82, 2.24) is 5.32 Å². The lowest BCUT2D eigenvalue weighted by atomic mass is 9.95. The number of carbonyl (C=O) groups excluding carboxylic acids is 3. The summed E-state index contributed by atoms with van der Waals surface area (Å²) >= 11 is 2.71. The fourth-order valence-electron chi connectivity index (χ4n) is 3.90. The summed E-state index contributed by atoms with van der Waals surface area (Å²) in [5.74, 6) is -0.881. The largest absolute Gasteiger partial charge is 0.355 e. The van der Waals surface area contributed by atoms with Gasteiger partial charge in [0.25, 0.3) is 17.7 Å². The lowest BCUT2D eigenvalue weighted by molar-refractivity contribution is -0.128. The van der Waals surface area contributed by atoms with Crippen LogP contribution in [0.4, 0.5) is 10.7 Å². The SMILES string of the molecule is CNC(=O)c1c(NC(=O)C2(C)Sc3ccccc3N(C)C2=O)sc2c1CCCC2. The number of benzene rings is 1. The average Bonchev–Trinajstić information content (AvgIpc) is 3.09. The molecule has 29 heavy (non-hydrogen) atoms. The van der Waals surface area contributed by atoms with E-state index in [2.05, 4.69) is 10.6 Å². The number of carbonyl (C=O) groups is 3. The number of nitrogens with zero attached hydrogens (tertiary/aromatic N) is 1. The van der Waals surface area contributed by atoms with Crippen LogP contribution in [0.3, 0.4) is 0 Å². The molecule has 1 atom stereocenters. The van der Waals surface area contributed by atoms with Gasteiger partial charge in [0.05, 0.1) is 11.3 Å². The van der Waals surface area contributed by atoms with Crippen LogP contribution >= 0.6 is 23.1 Å². The predicted octanol–water partition coefficient (Wildman–Crippen LogP) is 3.45. The Morgan fingerprint density at radius 3 is 2.66 bits per heavy atom. The maximum absolute atomic E-state index is 13.3. The van der Waals surface area contributed by atoms with Crippen LogP contribution in [0.5, 0.6) is 0 Å². The van der Waals surface area contributed by atoms with E-state index in [4.69, 9.17) is 0 Å². The highest BCUT2D eigenvalue weighted by atomic mass is 32.2. The quantitative estimate of drug-likeness (QED) is 0.733. The molecule has 0 radical (unpaired) electrons. The molecule has 0 fully saturated rings. The van der Waals surface area contributed by atoms with Crippen molar-refractivity contribution in [3.05, 3.63) is 40.3 Å². The number of aryl methyl sites for hydroxylation is 1. The van der Waals surface area contributed by atoms with Crippen LogP contribution in [-0.2, 0) is 22.4 Å². The molecule has 2 heterocycles. The number of amides is 3. The van der Waals surface area contributed by atoms with E-state index in [9.17, 15) is 14.4 Å². The normalized spacial score (nSPS) is 20.7. The van der Waals surface area contributed by atoms with Crippen molar-refractivity contribution < 1.29 is 14.4 Å². The van der Waals surface area contributed by atoms with Crippen LogP contribution in [0.25, 0.3) is 0 Å². The highest BCUT2D eigenvalue weighted by Crippen LogP contribution is 2.46. The minimum atomic E-state index is -1.31. The summed E-state index contributed by atoms with van der Waals surface area (Å²) in [6, 6.07) is 7.55. The second kappa shape index (κ2) is 7.50. The van der Waals surface area contributed by atoms with E-state index in [0.29, 0.717) is 10.6 Å². The fraction of sp³-hybridized carbons (Fsp3) is 0.381. The first-order chi connectivity index (χ1) is 13.9. The minimum absolute atomic E-state index is 0.199. The van der Waals surface area contributed by atoms with Gasteiger partial charge in [-0.25, -0.2) is 0 Å². The first kappa shape index (κ1) is 20.0. The monoisotopic (exact) mass is 429 g/mol. The third-order valence-electron chi connectivity index (χ3n) is 5.54. The standard InChI is InChI=1S/C21H23N3O3S2/c1-21(20(27)24(3)13-9-5-7-11-15(13)29-21)19(26)23-18-16(17(25)22-2)12-8-4-6-10-14(12)28-18/h5,7,9,11H,4,6,8,10H2,1-3H3,(H,22,25)(H,23,26). The van der Waals surface area contributed by atoms with Gasteiger partial charge in [-0.05, 0) is 50.3 Å². The van der Waals surface area contributed by atoms with Crippen molar-refractivity contribution in [1.29, 1.82) is 0 Å². The molecule has 4 rings (SSSR count). The molecular formula is C21H23N3O3S2. The summed E-state index contributed by atoms with van der Waals surface area (Å²) in [6.45, 7) is 1.65. The van der Waals surface area contributed by atoms with Crippen molar-refractivity contribution in [3.8, 4) is 0 Å². The van der Waals surface area contributed by atoms with Crippen LogP contribution in [0.1, 0.15) is 40.6 Å². The van der Waals surface area contributed by atoms with Gasteiger partial charge in [-0.1, -0.05) is 23.9 Å². The molecule has 2 N–H and O–H groups in total. The molecule has 1 aliphatic heterocycles. The van der Waals surface area contributed by atoms with E-state index in [1.165, 1.54) is 28.0 Å². The summed E-state index contributed by atoms with van der Waals surface area (Å²) in [4.78, 5) is 42.5. The van der Waals surface area contributed by atoms with Gasteiger partial charge in [-0.2, -0.15) is 0 Å². The number of hydrogen-bond donors (Lipinski definition) is 2. The molecule has 2 aromatic rings. The Balaban J connectivity index is 1.69. The Hall–Kier alpha value is -2.32. The highest BCUT2D eigenvalue weighted by Gasteiger charge is 2.48.